The second kappa shape index (κ2) is 2.76. The lowest BCUT2D eigenvalue weighted by Crippen LogP contribution is -2.13. The lowest BCUT2D eigenvalue weighted by molar-refractivity contribution is 0.0431. The van der Waals surface area contributed by atoms with Crippen molar-refractivity contribution in [3.8, 4) is 0 Å². The van der Waals surface area contributed by atoms with Gasteiger partial charge in [-0.25, -0.2) is 0 Å². The molecule has 0 aromatic carbocycles. The third-order valence-electron chi connectivity index (χ3n) is 2.48. The lowest BCUT2D eigenvalue weighted by atomic mass is 10.1. The van der Waals surface area contributed by atoms with Crippen LogP contribution in [0.5, 0.6) is 0 Å². The van der Waals surface area contributed by atoms with E-state index in [0.717, 1.165) is 12.5 Å². The summed E-state index contributed by atoms with van der Waals surface area (Å²) in [5.74, 6) is 0.779. The molecule has 0 spiro atoms. The van der Waals surface area contributed by atoms with Crippen LogP contribution >= 0.6 is 0 Å². The van der Waals surface area contributed by atoms with Gasteiger partial charge in [0.15, 0.2) is 0 Å². The molecule has 0 amide bonds. The van der Waals surface area contributed by atoms with Crippen LogP contribution in [0.2, 0.25) is 0 Å². The number of ether oxygens (including phenoxy) is 2. The van der Waals surface area contributed by atoms with Crippen molar-refractivity contribution < 1.29 is 9.47 Å². The molecule has 1 saturated carbocycles. The molecule has 2 fully saturated rings. The first-order valence-electron chi connectivity index (χ1n) is 4.53. The molecule has 2 atom stereocenters. The van der Waals surface area contributed by atoms with Crippen LogP contribution in [-0.4, -0.2) is 24.9 Å². The Kier molecular flexibility index (Phi) is 1.90. The summed E-state index contributed by atoms with van der Waals surface area (Å²) in [6.45, 7) is 5.12. The van der Waals surface area contributed by atoms with Gasteiger partial charge in [0, 0.05) is 6.61 Å². The van der Waals surface area contributed by atoms with Crippen LogP contribution in [0.1, 0.15) is 26.7 Å². The number of fused-ring (bicyclic) bond motifs is 1. The first kappa shape index (κ1) is 7.56. The number of hydrogen-bond donors (Lipinski definition) is 0. The van der Waals surface area contributed by atoms with Crippen LogP contribution in [0.3, 0.4) is 0 Å². The average molecular weight is 156 g/mol. The van der Waals surface area contributed by atoms with Gasteiger partial charge in [-0.15, -0.1) is 0 Å². The second-order valence-electron chi connectivity index (χ2n) is 3.93. The van der Waals surface area contributed by atoms with Crippen molar-refractivity contribution in [2.45, 2.75) is 45.0 Å². The molecule has 0 unspecified atom stereocenters. The fourth-order valence-corrected chi connectivity index (χ4v) is 1.81. The summed E-state index contributed by atoms with van der Waals surface area (Å²) in [7, 11) is 0. The second-order valence-corrected chi connectivity index (χ2v) is 3.93. The predicted molar refractivity (Wildman–Crippen MR) is 42.5 cm³/mol. The molecule has 2 nitrogen and oxygen atoms in total. The summed E-state index contributed by atoms with van der Waals surface area (Å²) in [6, 6.07) is 0. The first-order chi connectivity index (χ1) is 5.25. The average Bonchev–Trinajstić information content (AvgIpc) is 2.56. The zero-order valence-corrected chi connectivity index (χ0v) is 7.25. The molecule has 1 saturated heterocycles. The maximum Gasteiger partial charge on any atom is 0.0845 e. The van der Waals surface area contributed by atoms with Gasteiger partial charge in [0.05, 0.1) is 18.3 Å². The quantitative estimate of drug-likeness (QED) is 0.579. The molecule has 2 heteroatoms. The summed E-state index contributed by atoms with van der Waals surface area (Å²) < 4.78 is 10.9. The van der Waals surface area contributed by atoms with Gasteiger partial charge < -0.3 is 9.47 Å². The van der Waals surface area contributed by atoms with Crippen molar-refractivity contribution in [1.29, 1.82) is 0 Å². The minimum absolute atomic E-state index is 0.382. The Labute approximate surface area is 67.9 Å². The van der Waals surface area contributed by atoms with Gasteiger partial charge >= 0.3 is 0 Å². The Hall–Kier alpha value is -0.0800. The van der Waals surface area contributed by atoms with Gasteiger partial charge in [-0.05, 0) is 32.6 Å². The third-order valence-corrected chi connectivity index (χ3v) is 2.48. The molecule has 2 aliphatic rings. The molecular formula is C9H16O2. The van der Waals surface area contributed by atoms with Crippen LogP contribution in [0.15, 0.2) is 0 Å². The van der Waals surface area contributed by atoms with E-state index in [9.17, 15) is 0 Å². The van der Waals surface area contributed by atoms with Crippen LogP contribution in [0.25, 0.3) is 0 Å². The van der Waals surface area contributed by atoms with Crippen LogP contribution in [0, 0.1) is 5.92 Å². The van der Waals surface area contributed by atoms with Gasteiger partial charge in [0.1, 0.15) is 0 Å². The lowest BCUT2D eigenvalue weighted by Gasteiger charge is -2.13. The highest BCUT2D eigenvalue weighted by Crippen LogP contribution is 2.42. The van der Waals surface area contributed by atoms with E-state index in [1.807, 2.05) is 0 Å². The van der Waals surface area contributed by atoms with E-state index in [1.165, 1.54) is 12.8 Å². The highest BCUT2D eigenvalue weighted by Gasteiger charge is 2.47. The maximum absolute atomic E-state index is 5.54. The zero-order chi connectivity index (χ0) is 7.84. The normalized spacial score (nSPS) is 36.3. The third kappa shape index (κ3) is 1.74. The number of hydrogen-bond acceptors (Lipinski definition) is 2. The van der Waals surface area contributed by atoms with Crippen LogP contribution < -0.4 is 0 Å². The summed E-state index contributed by atoms with van der Waals surface area (Å²) >= 11 is 0. The smallest absolute Gasteiger partial charge is 0.0845 e. The Morgan fingerprint density at radius 2 is 2.00 bits per heavy atom. The summed E-state index contributed by atoms with van der Waals surface area (Å²) in [5, 5.41) is 0. The zero-order valence-electron chi connectivity index (χ0n) is 7.25. The Morgan fingerprint density at radius 3 is 2.55 bits per heavy atom. The molecule has 0 bridgehead atoms. The Bertz CT molecular complexity index is 134. The molecule has 0 aromatic rings. The van der Waals surface area contributed by atoms with Gasteiger partial charge in [-0.2, -0.15) is 0 Å². The molecule has 1 aliphatic heterocycles. The van der Waals surface area contributed by atoms with Crippen LogP contribution in [-0.2, 0) is 9.47 Å². The van der Waals surface area contributed by atoms with E-state index in [2.05, 4.69) is 13.8 Å². The molecule has 1 heterocycles. The molecule has 0 radical (unpaired) electrons. The van der Waals surface area contributed by atoms with E-state index in [0.29, 0.717) is 18.3 Å². The van der Waals surface area contributed by atoms with Gasteiger partial charge in [0.25, 0.3) is 0 Å². The van der Waals surface area contributed by atoms with E-state index in [1.54, 1.807) is 0 Å². The molecule has 2 rings (SSSR count). The van der Waals surface area contributed by atoms with Crippen molar-refractivity contribution in [2.24, 2.45) is 5.92 Å². The monoisotopic (exact) mass is 156 g/mol. The summed E-state index contributed by atoms with van der Waals surface area (Å²) in [4.78, 5) is 0. The molecule has 0 N–H and O–H groups in total. The Morgan fingerprint density at radius 1 is 1.36 bits per heavy atom. The van der Waals surface area contributed by atoms with E-state index in [-0.39, 0.29) is 0 Å². The number of epoxide rings is 1. The standard InChI is InChI=1S/C9H16O2/c1-6(2)10-5-7-3-8-9(4-7)11-8/h6-9H,3-5H2,1-2H3/t8-,9-/m0/s1. The SMILES string of the molecule is CC(C)OCC1C[C@@H]2O[C@H]2C1. The van der Waals surface area contributed by atoms with Gasteiger partial charge in [-0.1, -0.05) is 0 Å². The highest BCUT2D eigenvalue weighted by molar-refractivity contribution is 4.95. The largest absolute Gasteiger partial charge is 0.379 e. The molecular weight excluding hydrogens is 140 g/mol. The van der Waals surface area contributed by atoms with Gasteiger partial charge in [-0.3, -0.25) is 0 Å². The highest BCUT2D eigenvalue weighted by atomic mass is 16.6. The maximum atomic E-state index is 5.54. The molecule has 1 aliphatic carbocycles. The fraction of sp³-hybridized carbons (Fsp3) is 1.00. The van der Waals surface area contributed by atoms with Crippen LogP contribution in [0.4, 0.5) is 0 Å². The van der Waals surface area contributed by atoms with E-state index >= 15 is 0 Å². The van der Waals surface area contributed by atoms with Crippen molar-refractivity contribution >= 4 is 0 Å². The van der Waals surface area contributed by atoms with Crippen molar-refractivity contribution in [3.05, 3.63) is 0 Å². The fourth-order valence-electron chi connectivity index (χ4n) is 1.81. The van der Waals surface area contributed by atoms with E-state index in [4.69, 9.17) is 9.47 Å². The minimum atomic E-state index is 0.382. The van der Waals surface area contributed by atoms with Gasteiger partial charge in [0.2, 0.25) is 0 Å². The van der Waals surface area contributed by atoms with Crippen molar-refractivity contribution in [2.75, 3.05) is 6.61 Å². The predicted octanol–water partition coefficient (Wildman–Crippen LogP) is 1.59. The summed E-state index contributed by atoms with van der Waals surface area (Å²) in [5.41, 5.74) is 0. The van der Waals surface area contributed by atoms with Crippen molar-refractivity contribution in [3.63, 3.8) is 0 Å². The number of rotatable bonds is 3. The first-order valence-corrected chi connectivity index (χ1v) is 4.53. The van der Waals surface area contributed by atoms with Crippen molar-refractivity contribution in [1.82, 2.24) is 0 Å². The Balaban J connectivity index is 1.64. The molecule has 11 heavy (non-hydrogen) atoms. The molecule has 64 valence electrons. The topological polar surface area (TPSA) is 21.8 Å². The molecule has 0 aromatic heterocycles. The minimum Gasteiger partial charge on any atom is -0.379 e. The summed E-state index contributed by atoms with van der Waals surface area (Å²) in [6.07, 6.45) is 4.06. The van der Waals surface area contributed by atoms with E-state index < -0.39 is 0 Å².